The average molecular weight is 376 g/mol. The molecular formula is C18H20N2O5S. The summed E-state index contributed by atoms with van der Waals surface area (Å²) in [5.41, 5.74) is -0.417. The average Bonchev–Trinajstić information content (AvgIpc) is 2.81. The zero-order valence-electron chi connectivity index (χ0n) is 14.9. The summed E-state index contributed by atoms with van der Waals surface area (Å²) in [7, 11) is 0. The number of carbonyl (C=O) groups is 4. The van der Waals surface area contributed by atoms with Crippen molar-refractivity contribution in [2.45, 2.75) is 49.4 Å². The first kappa shape index (κ1) is 18.4. The number of hydrogen-bond acceptors (Lipinski definition) is 5. The molecule has 1 aromatic carbocycles. The van der Waals surface area contributed by atoms with Crippen molar-refractivity contribution in [2.24, 2.45) is 0 Å². The van der Waals surface area contributed by atoms with Gasteiger partial charge < -0.3 is 15.3 Å². The van der Waals surface area contributed by atoms with E-state index in [2.05, 4.69) is 5.32 Å². The number of ketones is 1. The number of hydrogen-bond donors (Lipinski definition) is 2. The zero-order chi connectivity index (χ0) is 19.4. The molecule has 3 atom stereocenters. The third kappa shape index (κ3) is 2.43. The number of carboxylic acid groups (broad SMARTS) is 1. The second-order valence-electron chi connectivity index (χ2n) is 7.21. The predicted octanol–water partition coefficient (Wildman–Crippen LogP) is 1.20. The van der Waals surface area contributed by atoms with E-state index in [0.717, 1.165) is 5.56 Å². The molecule has 0 aliphatic carbocycles. The number of benzene rings is 1. The Labute approximate surface area is 155 Å². The maximum Gasteiger partial charge on any atom is 0.327 e. The Morgan fingerprint density at radius 3 is 2.27 bits per heavy atom. The minimum Gasteiger partial charge on any atom is -0.480 e. The lowest BCUT2D eigenvalue weighted by Gasteiger charge is -2.51. The van der Waals surface area contributed by atoms with Gasteiger partial charge in [-0.3, -0.25) is 14.4 Å². The van der Waals surface area contributed by atoms with Crippen molar-refractivity contribution in [3.8, 4) is 0 Å². The molecule has 8 heteroatoms. The Morgan fingerprint density at radius 2 is 1.77 bits per heavy atom. The van der Waals surface area contributed by atoms with Crippen molar-refractivity contribution >= 4 is 35.3 Å². The van der Waals surface area contributed by atoms with E-state index < -0.39 is 45.3 Å². The lowest BCUT2D eigenvalue weighted by atomic mass is 9.81. The number of aliphatic carboxylic acids is 1. The Hall–Kier alpha value is -2.35. The molecule has 2 heterocycles. The van der Waals surface area contributed by atoms with Crippen LogP contribution in [0, 0.1) is 6.92 Å². The van der Waals surface area contributed by atoms with Gasteiger partial charge >= 0.3 is 5.97 Å². The highest BCUT2D eigenvalue weighted by molar-refractivity contribution is 8.01. The van der Waals surface area contributed by atoms with Gasteiger partial charge in [-0.1, -0.05) is 17.7 Å². The molecular weight excluding hydrogens is 356 g/mol. The number of rotatable bonds is 4. The molecule has 2 fully saturated rings. The van der Waals surface area contributed by atoms with Gasteiger partial charge in [0.15, 0.2) is 5.78 Å². The van der Waals surface area contributed by atoms with Gasteiger partial charge in [-0.15, -0.1) is 11.8 Å². The van der Waals surface area contributed by atoms with E-state index in [1.165, 1.54) is 23.6 Å². The summed E-state index contributed by atoms with van der Waals surface area (Å²) in [5, 5.41) is 11.4. The van der Waals surface area contributed by atoms with Crippen LogP contribution in [-0.4, -0.2) is 55.3 Å². The molecule has 26 heavy (non-hydrogen) atoms. The van der Waals surface area contributed by atoms with Crippen LogP contribution in [0.3, 0.4) is 0 Å². The number of nitrogens with one attached hydrogen (secondary N) is 1. The minimum absolute atomic E-state index is 0.333. The number of Topliss-reactive ketones (excluding diaryl/α,β-unsaturated/α-hetero) is 1. The number of amides is 2. The molecule has 0 bridgehead atoms. The van der Waals surface area contributed by atoms with E-state index in [9.17, 15) is 24.3 Å². The number of β-lactam (4-membered cyclic amide) rings is 1. The van der Waals surface area contributed by atoms with Gasteiger partial charge in [-0.2, -0.15) is 0 Å². The van der Waals surface area contributed by atoms with Crippen LogP contribution in [0.2, 0.25) is 0 Å². The Kier molecular flexibility index (Phi) is 4.14. The van der Waals surface area contributed by atoms with Crippen LogP contribution in [0.1, 0.15) is 36.7 Å². The lowest BCUT2D eigenvalue weighted by molar-refractivity contribution is -0.170. The van der Waals surface area contributed by atoms with Crippen molar-refractivity contribution in [1.29, 1.82) is 0 Å². The minimum atomic E-state index is -1.73. The molecule has 1 aromatic rings. The third-order valence-corrected chi connectivity index (χ3v) is 6.60. The fourth-order valence-corrected chi connectivity index (χ4v) is 5.30. The summed E-state index contributed by atoms with van der Waals surface area (Å²) in [4.78, 5) is 50.7. The van der Waals surface area contributed by atoms with E-state index in [-0.39, 0.29) is 0 Å². The van der Waals surface area contributed by atoms with E-state index in [0.29, 0.717) is 5.56 Å². The smallest absolute Gasteiger partial charge is 0.327 e. The van der Waals surface area contributed by atoms with Gasteiger partial charge in [0.05, 0.1) is 0 Å². The van der Waals surface area contributed by atoms with Crippen LogP contribution in [0.25, 0.3) is 0 Å². The maximum atomic E-state index is 12.8. The summed E-state index contributed by atoms with van der Waals surface area (Å²) in [6.45, 7) is 6.56. The quantitative estimate of drug-likeness (QED) is 0.604. The summed E-state index contributed by atoms with van der Waals surface area (Å²) >= 11 is 1.22. The molecule has 3 rings (SSSR count). The molecule has 7 nitrogen and oxygen atoms in total. The molecule has 2 N–H and O–H groups in total. The van der Waals surface area contributed by atoms with Crippen molar-refractivity contribution in [2.75, 3.05) is 0 Å². The van der Waals surface area contributed by atoms with Crippen molar-refractivity contribution < 1.29 is 24.3 Å². The van der Waals surface area contributed by atoms with E-state index >= 15 is 0 Å². The monoisotopic (exact) mass is 376 g/mol. The highest BCUT2D eigenvalue weighted by atomic mass is 32.2. The van der Waals surface area contributed by atoms with Gasteiger partial charge in [0.1, 0.15) is 11.4 Å². The second kappa shape index (κ2) is 5.84. The fourth-order valence-electron chi connectivity index (χ4n) is 3.54. The molecule has 0 spiro atoms. The van der Waals surface area contributed by atoms with Crippen molar-refractivity contribution in [1.82, 2.24) is 10.2 Å². The molecule has 0 unspecified atom stereocenters. The Bertz CT molecular complexity index is 819. The highest BCUT2D eigenvalue weighted by Gasteiger charge is 2.74. The number of carboxylic acids is 1. The molecule has 2 aliphatic heterocycles. The number of fused-ring (bicyclic) bond motifs is 1. The van der Waals surface area contributed by atoms with Crippen LogP contribution in [0.5, 0.6) is 0 Å². The van der Waals surface area contributed by atoms with Crippen LogP contribution in [0.15, 0.2) is 24.3 Å². The molecule has 0 aromatic heterocycles. The summed E-state index contributed by atoms with van der Waals surface area (Å²) in [6, 6.07) is 5.71. The van der Waals surface area contributed by atoms with Gasteiger partial charge in [0.25, 0.3) is 11.8 Å². The van der Waals surface area contributed by atoms with Crippen molar-refractivity contribution in [3.63, 3.8) is 0 Å². The maximum absolute atomic E-state index is 12.8. The first-order valence-electron chi connectivity index (χ1n) is 8.16. The van der Waals surface area contributed by atoms with Gasteiger partial charge in [-0.25, -0.2) is 4.79 Å². The van der Waals surface area contributed by atoms with Crippen LogP contribution < -0.4 is 5.32 Å². The molecule has 0 saturated carbocycles. The Morgan fingerprint density at radius 1 is 1.19 bits per heavy atom. The van der Waals surface area contributed by atoms with Gasteiger partial charge in [0, 0.05) is 10.3 Å². The topological polar surface area (TPSA) is 104 Å². The van der Waals surface area contributed by atoms with Crippen LogP contribution in [0.4, 0.5) is 0 Å². The summed E-state index contributed by atoms with van der Waals surface area (Å²) in [5.74, 6) is -2.83. The van der Waals surface area contributed by atoms with Gasteiger partial charge in [0.2, 0.25) is 5.54 Å². The zero-order valence-corrected chi connectivity index (χ0v) is 15.7. The summed E-state index contributed by atoms with van der Waals surface area (Å²) in [6.07, 6.45) is 0. The van der Waals surface area contributed by atoms with Crippen LogP contribution >= 0.6 is 11.8 Å². The highest BCUT2D eigenvalue weighted by Crippen LogP contribution is 2.55. The largest absolute Gasteiger partial charge is 0.480 e. The number of nitrogens with zero attached hydrogens (tertiary/aromatic N) is 1. The van der Waals surface area contributed by atoms with Crippen LogP contribution in [-0.2, 0) is 14.4 Å². The summed E-state index contributed by atoms with van der Waals surface area (Å²) < 4.78 is -0.780. The molecule has 0 radical (unpaired) electrons. The second-order valence-corrected chi connectivity index (χ2v) is 8.95. The van der Waals surface area contributed by atoms with Gasteiger partial charge in [-0.05, 0) is 39.8 Å². The number of carbonyl (C=O) groups excluding carboxylic acids is 3. The predicted molar refractivity (Wildman–Crippen MR) is 95.8 cm³/mol. The number of aryl methyl sites for hydroxylation is 1. The van der Waals surface area contributed by atoms with E-state index in [1.54, 1.807) is 38.1 Å². The standard InChI is InChI=1S/C18H20N2O5S/c1-9-5-7-11(8-6-9)13(22)19-18(10(2)21)15(25)20-12(14(23)24)17(3,4)26-16(18)20/h5-8,12,16H,1-4H3,(H,19,22)(H,23,24)/t12-,16+,18-/m0/s1. The van der Waals surface area contributed by atoms with E-state index in [4.69, 9.17) is 0 Å². The SMILES string of the molecule is CC(=O)[C@]1(NC(=O)c2ccc(C)cc2)C(=O)N2[C@@H](C(=O)O)C(C)(C)S[C@@H]21. The normalized spacial score (nSPS) is 28.9. The Balaban J connectivity index is 1.94. The van der Waals surface area contributed by atoms with Crippen molar-refractivity contribution in [3.05, 3.63) is 35.4 Å². The first-order valence-corrected chi connectivity index (χ1v) is 9.04. The molecule has 2 saturated heterocycles. The fraction of sp³-hybridized carbons (Fsp3) is 0.444. The number of thioether (sulfide) groups is 1. The molecule has 2 aliphatic rings. The van der Waals surface area contributed by atoms with E-state index in [1.807, 2.05) is 6.92 Å². The lowest BCUT2D eigenvalue weighted by Crippen LogP contribution is -2.82. The molecule has 138 valence electrons. The molecule has 2 amide bonds. The first-order chi connectivity index (χ1) is 12.0. The third-order valence-electron chi connectivity index (χ3n) is 4.96.